The molecule has 0 atom stereocenters. The first-order valence-corrected chi connectivity index (χ1v) is 6.63. The molecule has 18 heavy (non-hydrogen) atoms. The zero-order valence-corrected chi connectivity index (χ0v) is 11.3. The number of ether oxygens (including phenoxy) is 1. The number of aromatic nitrogens is 2. The molecule has 0 aliphatic carbocycles. The molecule has 102 valence electrons. The van der Waals surface area contributed by atoms with E-state index in [0.717, 1.165) is 38.2 Å². The first-order valence-electron chi connectivity index (χ1n) is 6.63. The van der Waals surface area contributed by atoms with E-state index in [1.807, 2.05) is 18.7 Å². The molecule has 0 radical (unpaired) electrons. The molecular weight excluding hydrogens is 230 g/mol. The van der Waals surface area contributed by atoms with Gasteiger partial charge in [-0.05, 0) is 25.8 Å². The highest BCUT2D eigenvalue weighted by Crippen LogP contribution is 2.16. The average molecular weight is 253 g/mol. The van der Waals surface area contributed by atoms with Crippen molar-refractivity contribution in [3.05, 3.63) is 17.5 Å². The number of aryl methyl sites for hydroxylation is 2. The van der Waals surface area contributed by atoms with Crippen molar-refractivity contribution < 1.29 is 9.84 Å². The summed E-state index contributed by atoms with van der Waals surface area (Å²) in [7, 11) is 2.00. The summed E-state index contributed by atoms with van der Waals surface area (Å²) in [4.78, 5) is 2.44. The number of rotatable bonds is 5. The van der Waals surface area contributed by atoms with Crippen LogP contribution in [0.3, 0.4) is 0 Å². The van der Waals surface area contributed by atoms with Crippen LogP contribution in [-0.4, -0.2) is 52.2 Å². The van der Waals surface area contributed by atoms with Crippen LogP contribution in [0.5, 0.6) is 0 Å². The van der Waals surface area contributed by atoms with Gasteiger partial charge >= 0.3 is 0 Å². The third kappa shape index (κ3) is 3.54. The fourth-order valence-corrected chi connectivity index (χ4v) is 2.49. The first-order chi connectivity index (χ1) is 8.69. The van der Waals surface area contributed by atoms with Crippen LogP contribution in [-0.2, 0) is 18.3 Å². The average Bonchev–Trinajstić information content (AvgIpc) is 2.67. The number of piperidine rings is 1. The number of aliphatic hydroxyl groups is 1. The van der Waals surface area contributed by atoms with Gasteiger partial charge in [0, 0.05) is 26.7 Å². The van der Waals surface area contributed by atoms with E-state index in [2.05, 4.69) is 16.1 Å². The molecule has 5 nitrogen and oxygen atoms in total. The molecule has 1 aromatic heterocycles. The zero-order chi connectivity index (χ0) is 13.0. The summed E-state index contributed by atoms with van der Waals surface area (Å²) in [5, 5.41) is 13.1. The predicted octanol–water partition coefficient (Wildman–Crippen LogP) is 0.702. The van der Waals surface area contributed by atoms with E-state index in [1.165, 1.54) is 5.69 Å². The van der Waals surface area contributed by atoms with Crippen LogP contribution in [0, 0.1) is 6.92 Å². The van der Waals surface area contributed by atoms with Crippen LogP contribution < -0.4 is 0 Å². The van der Waals surface area contributed by atoms with Gasteiger partial charge in [0.1, 0.15) is 0 Å². The van der Waals surface area contributed by atoms with Crippen molar-refractivity contribution in [1.82, 2.24) is 14.7 Å². The monoisotopic (exact) mass is 253 g/mol. The van der Waals surface area contributed by atoms with E-state index in [9.17, 15) is 0 Å². The van der Waals surface area contributed by atoms with Crippen molar-refractivity contribution in [2.75, 3.05) is 26.3 Å². The lowest BCUT2D eigenvalue weighted by Gasteiger charge is -2.31. The lowest BCUT2D eigenvalue weighted by atomic mass is 10.1. The van der Waals surface area contributed by atoms with Gasteiger partial charge in [-0.15, -0.1) is 0 Å². The molecule has 0 amide bonds. The van der Waals surface area contributed by atoms with Gasteiger partial charge in [-0.2, -0.15) is 5.10 Å². The van der Waals surface area contributed by atoms with Crippen molar-refractivity contribution in [2.24, 2.45) is 7.05 Å². The van der Waals surface area contributed by atoms with Gasteiger partial charge in [-0.25, -0.2) is 0 Å². The Morgan fingerprint density at radius 2 is 2.17 bits per heavy atom. The van der Waals surface area contributed by atoms with Gasteiger partial charge < -0.3 is 9.84 Å². The second-order valence-corrected chi connectivity index (χ2v) is 4.97. The quantitative estimate of drug-likeness (QED) is 0.839. The summed E-state index contributed by atoms with van der Waals surface area (Å²) in [6, 6.07) is 2.15. The Hall–Kier alpha value is -0.910. The lowest BCUT2D eigenvalue weighted by molar-refractivity contribution is -0.00933. The highest BCUT2D eigenvalue weighted by atomic mass is 16.5. The van der Waals surface area contributed by atoms with Gasteiger partial charge in [-0.3, -0.25) is 9.58 Å². The SMILES string of the molecule is Cc1cc(CN2CCC(OCCO)CC2)n(C)n1. The molecule has 0 spiro atoms. The summed E-state index contributed by atoms with van der Waals surface area (Å²) in [5.74, 6) is 0. The molecule has 2 heterocycles. The Morgan fingerprint density at radius 3 is 2.72 bits per heavy atom. The maximum absolute atomic E-state index is 8.73. The van der Waals surface area contributed by atoms with Crippen LogP contribution in [0.25, 0.3) is 0 Å². The number of aliphatic hydroxyl groups excluding tert-OH is 1. The van der Waals surface area contributed by atoms with E-state index in [0.29, 0.717) is 12.7 Å². The molecule has 0 aromatic carbocycles. The molecule has 0 unspecified atom stereocenters. The van der Waals surface area contributed by atoms with Gasteiger partial charge in [0.05, 0.1) is 30.7 Å². The largest absolute Gasteiger partial charge is 0.394 e. The third-order valence-corrected chi connectivity index (χ3v) is 3.46. The molecular formula is C13H23N3O2. The van der Waals surface area contributed by atoms with Crippen LogP contribution in [0.15, 0.2) is 6.07 Å². The van der Waals surface area contributed by atoms with E-state index >= 15 is 0 Å². The highest BCUT2D eigenvalue weighted by molar-refractivity contribution is 5.08. The topological polar surface area (TPSA) is 50.5 Å². The minimum Gasteiger partial charge on any atom is -0.394 e. The zero-order valence-electron chi connectivity index (χ0n) is 11.3. The summed E-state index contributed by atoms with van der Waals surface area (Å²) in [6.45, 7) is 5.68. The standard InChI is InChI=1S/C13H23N3O2/c1-11-9-12(15(2)14-11)10-16-5-3-13(4-6-16)18-8-7-17/h9,13,17H,3-8,10H2,1-2H3. The summed E-state index contributed by atoms with van der Waals surface area (Å²) in [6.07, 6.45) is 2.43. The van der Waals surface area contributed by atoms with Crippen molar-refractivity contribution in [1.29, 1.82) is 0 Å². The molecule has 2 rings (SSSR count). The van der Waals surface area contributed by atoms with Crippen LogP contribution in [0.1, 0.15) is 24.2 Å². The van der Waals surface area contributed by atoms with Crippen molar-refractivity contribution in [3.63, 3.8) is 0 Å². The van der Waals surface area contributed by atoms with Crippen LogP contribution in [0.2, 0.25) is 0 Å². The molecule has 1 aliphatic rings. The molecule has 0 bridgehead atoms. The van der Waals surface area contributed by atoms with E-state index in [4.69, 9.17) is 9.84 Å². The number of hydrogen-bond donors (Lipinski definition) is 1. The number of hydrogen-bond acceptors (Lipinski definition) is 4. The van der Waals surface area contributed by atoms with Crippen LogP contribution in [0.4, 0.5) is 0 Å². The Balaban J connectivity index is 1.78. The molecule has 1 N–H and O–H groups in total. The Kier molecular flexibility index (Phi) is 4.74. The smallest absolute Gasteiger partial charge is 0.0701 e. The lowest BCUT2D eigenvalue weighted by Crippen LogP contribution is -2.37. The molecule has 0 saturated carbocycles. The van der Waals surface area contributed by atoms with Gasteiger partial charge in [-0.1, -0.05) is 0 Å². The normalized spacial score (nSPS) is 18.4. The fourth-order valence-electron chi connectivity index (χ4n) is 2.49. The third-order valence-electron chi connectivity index (χ3n) is 3.46. The molecule has 1 aromatic rings. The highest BCUT2D eigenvalue weighted by Gasteiger charge is 2.20. The number of likely N-dealkylation sites (tertiary alicyclic amines) is 1. The predicted molar refractivity (Wildman–Crippen MR) is 69.3 cm³/mol. The first kappa shape index (κ1) is 13.5. The summed E-state index contributed by atoms with van der Waals surface area (Å²) in [5.41, 5.74) is 2.34. The Labute approximate surface area is 108 Å². The number of nitrogens with zero attached hydrogens (tertiary/aromatic N) is 3. The van der Waals surface area contributed by atoms with E-state index in [1.54, 1.807) is 0 Å². The van der Waals surface area contributed by atoms with Gasteiger partial charge in [0.2, 0.25) is 0 Å². The van der Waals surface area contributed by atoms with Crippen molar-refractivity contribution in [3.8, 4) is 0 Å². The molecule has 1 aliphatic heterocycles. The minimum absolute atomic E-state index is 0.120. The molecule has 1 fully saturated rings. The van der Waals surface area contributed by atoms with E-state index in [-0.39, 0.29) is 6.61 Å². The van der Waals surface area contributed by atoms with E-state index < -0.39 is 0 Å². The second-order valence-electron chi connectivity index (χ2n) is 4.97. The fraction of sp³-hybridized carbons (Fsp3) is 0.769. The Morgan fingerprint density at radius 1 is 1.44 bits per heavy atom. The Bertz CT molecular complexity index is 370. The maximum atomic E-state index is 8.73. The van der Waals surface area contributed by atoms with Crippen molar-refractivity contribution >= 4 is 0 Å². The maximum Gasteiger partial charge on any atom is 0.0701 e. The van der Waals surface area contributed by atoms with Gasteiger partial charge in [0.25, 0.3) is 0 Å². The van der Waals surface area contributed by atoms with Gasteiger partial charge in [0.15, 0.2) is 0 Å². The molecule has 1 saturated heterocycles. The second kappa shape index (κ2) is 6.31. The van der Waals surface area contributed by atoms with Crippen molar-refractivity contribution in [2.45, 2.75) is 32.4 Å². The van der Waals surface area contributed by atoms with Crippen LogP contribution >= 0.6 is 0 Å². The minimum atomic E-state index is 0.120. The molecule has 5 heteroatoms. The summed E-state index contributed by atoms with van der Waals surface area (Å²) < 4.78 is 7.53. The summed E-state index contributed by atoms with van der Waals surface area (Å²) >= 11 is 0.